The molecule has 0 heterocycles. The van der Waals surface area contributed by atoms with Gasteiger partial charge in [0.2, 0.25) is 5.91 Å². The predicted octanol–water partition coefficient (Wildman–Crippen LogP) is 1.46. The van der Waals surface area contributed by atoms with E-state index in [9.17, 15) is 4.79 Å². The van der Waals surface area contributed by atoms with Crippen molar-refractivity contribution in [3.8, 4) is 0 Å². The summed E-state index contributed by atoms with van der Waals surface area (Å²) >= 11 is 0. The Bertz CT molecular complexity index is 259. The molecule has 3 heteroatoms. The smallest absolute Gasteiger partial charge is 0.250 e. The number of hydrogen-bond donors (Lipinski definition) is 1. The fourth-order valence-electron chi connectivity index (χ4n) is 0.862. The second kappa shape index (κ2) is 5.32. The molecule has 69 valence electrons. The monoisotopic (exact) mass is 178 g/mol. The van der Waals surface area contributed by atoms with Crippen LogP contribution in [0, 0.1) is 6.07 Å². The summed E-state index contributed by atoms with van der Waals surface area (Å²) in [7, 11) is 0. The number of ether oxygens (including phenoxy) is 1. The molecule has 0 bridgehead atoms. The lowest BCUT2D eigenvalue weighted by molar-refractivity contribution is -0.120. The molecule has 0 spiro atoms. The Labute approximate surface area is 77.7 Å². The molecule has 0 unspecified atom stereocenters. The molecular weight excluding hydrogens is 166 g/mol. The van der Waals surface area contributed by atoms with Crippen molar-refractivity contribution in [3.63, 3.8) is 0 Å². The zero-order valence-corrected chi connectivity index (χ0v) is 7.54. The summed E-state index contributed by atoms with van der Waals surface area (Å²) in [5.41, 5.74) is 0.767. The van der Waals surface area contributed by atoms with Crippen LogP contribution >= 0.6 is 0 Å². The van der Waals surface area contributed by atoms with Crippen molar-refractivity contribution in [2.75, 3.05) is 18.5 Å². The molecule has 0 aliphatic rings. The van der Waals surface area contributed by atoms with Crippen molar-refractivity contribution < 1.29 is 9.53 Å². The molecule has 0 fully saturated rings. The standard InChI is InChI=1S/C10H12NO2/c1-2-13-8-10(12)11-9-6-4-3-5-7-9/h4-7H,2,8H2,1H3,(H,11,12). The van der Waals surface area contributed by atoms with Gasteiger partial charge in [-0.25, -0.2) is 0 Å². The first-order chi connectivity index (χ1) is 6.33. The first-order valence-corrected chi connectivity index (χ1v) is 4.16. The Morgan fingerprint density at radius 1 is 1.54 bits per heavy atom. The van der Waals surface area contributed by atoms with Crippen LogP contribution in [0.25, 0.3) is 0 Å². The van der Waals surface area contributed by atoms with Crippen LogP contribution in [0.4, 0.5) is 5.69 Å². The molecule has 0 aliphatic carbocycles. The van der Waals surface area contributed by atoms with E-state index in [1.165, 1.54) is 0 Å². The van der Waals surface area contributed by atoms with E-state index in [4.69, 9.17) is 4.74 Å². The summed E-state index contributed by atoms with van der Waals surface area (Å²) in [6.45, 7) is 2.51. The molecule has 1 aromatic carbocycles. The fraction of sp³-hybridized carbons (Fsp3) is 0.300. The molecule has 3 nitrogen and oxygen atoms in total. The highest BCUT2D eigenvalue weighted by molar-refractivity contribution is 5.91. The van der Waals surface area contributed by atoms with Crippen LogP contribution in [0.5, 0.6) is 0 Å². The molecule has 1 aromatic rings. The van der Waals surface area contributed by atoms with E-state index in [-0.39, 0.29) is 12.5 Å². The number of nitrogens with one attached hydrogen (secondary N) is 1. The minimum Gasteiger partial charge on any atom is -0.372 e. The highest BCUT2D eigenvalue weighted by atomic mass is 16.5. The van der Waals surface area contributed by atoms with Crippen molar-refractivity contribution in [3.05, 3.63) is 30.3 Å². The number of hydrogen-bond acceptors (Lipinski definition) is 2. The van der Waals surface area contributed by atoms with Crippen molar-refractivity contribution >= 4 is 11.6 Å². The predicted molar refractivity (Wildman–Crippen MR) is 50.4 cm³/mol. The van der Waals surface area contributed by atoms with Gasteiger partial charge in [-0.15, -0.1) is 0 Å². The lowest BCUT2D eigenvalue weighted by Crippen LogP contribution is -2.17. The molecule has 1 rings (SSSR count). The van der Waals surface area contributed by atoms with Crippen LogP contribution in [-0.2, 0) is 9.53 Å². The highest BCUT2D eigenvalue weighted by Crippen LogP contribution is 2.03. The summed E-state index contributed by atoms with van der Waals surface area (Å²) in [6, 6.07) is 9.92. The van der Waals surface area contributed by atoms with Gasteiger partial charge in [-0.1, -0.05) is 12.1 Å². The first kappa shape index (κ1) is 9.74. The third-order valence-electron chi connectivity index (χ3n) is 1.44. The first-order valence-electron chi connectivity index (χ1n) is 4.16. The Morgan fingerprint density at radius 2 is 2.23 bits per heavy atom. The number of anilines is 1. The lowest BCUT2D eigenvalue weighted by Gasteiger charge is -2.03. The SMILES string of the molecule is CCOCC(=O)Nc1cc[c]cc1. The maximum absolute atomic E-state index is 11.1. The summed E-state index contributed by atoms with van der Waals surface area (Å²) in [5, 5.41) is 2.69. The summed E-state index contributed by atoms with van der Waals surface area (Å²) in [5.74, 6) is -0.131. The average Bonchev–Trinajstić information content (AvgIpc) is 2.16. The zero-order valence-electron chi connectivity index (χ0n) is 7.54. The number of rotatable bonds is 4. The second-order valence-corrected chi connectivity index (χ2v) is 2.47. The zero-order chi connectivity index (χ0) is 9.52. The van der Waals surface area contributed by atoms with E-state index in [0.29, 0.717) is 6.61 Å². The third-order valence-corrected chi connectivity index (χ3v) is 1.44. The number of carbonyl (C=O) groups excluding carboxylic acids is 1. The Balaban J connectivity index is 2.37. The van der Waals surface area contributed by atoms with Crippen LogP contribution < -0.4 is 5.32 Å². The van der Waals surface area contributed by atoms with E-state index >= 15 is 0 Å². The van der Waals surface area contributed by atoms with Gasteiger partial charge in [0.1, 0.15) is 6.61 Å². The van der Waals surface area contributed by atoms with Gasteiger partial charge in [0.15, 0.2) is 0 Å². The van der Waals surface area contributed by atoms with E-state index in [2.05, 4.69) is 11.4 Å². The number of carbonyl (C=O) groups is 1. The molecule has 1 amide bonds. The van der Waals surface area contributed by atoms with Crippen molar-refractivity contribution in [1.29, 1.82) is 0 Å². The van der Waals surface area contributed by atoms with Crippen molar-refractivity contribution in [1.82, 2.24) is 0 Å². The lowest BCUT2D eigenvalue weighted by atomic mass is 10.3. The van der Waals surface area contributed by atoms with E-state index in [1.807, 2.05) is 6.92 Å². The number of benzene rings is 1. The van der Waals surface area contributed by atoms with Crippen LogP contribution in [0.15, 0.2) is 24.3 Å². The second-order valence-electron chi connectivity index (χ2n) is 2.47. The van der Waals surface area contributed by atoms with Gasteiger partial charge in [0.05, 0.1) is 0 Å². The molecule has 1 N–H and O–H groups in total. The van der Waals surface area contributed by atoms with Crippen molar-refractivity contribution in [2.24, 2.45) is 0 Å². The molecule has 0 aromatic heterocycles. The normalized spacial score (nSPS) is 9.62. The van der Waals surface area contributed by atoms with Crippen LogP contribution in [-0.4, -0.2) is 19.1 Å². The largest absolute Gasteiger partial charge is 0.372 e. The molecule has 0 atom stereocenters. The maximum Gasteiger partial charge on any atom is 0.250 e. The summed E-state index contributed by atoms with van der Waals surface area (Å²) in [6.07, 6.45) is 0. The molecule has 13 heavy (non-hydrogen) atoms. The van der Waals surface area contributed by atoms with E-state index in [0.717, 1.165) is 5.69 Å². The molecule has 0 saturated heterocycles. The van der Waals surface area contributed by atoms with Crippen LogP contribution in [0.2, 0.25) is 0 Å². The molecule has 1 radical (unpaired) electrons. The highest BCUT2D eigenvalue weighted by Gasteiger charge is 1.99. The Hall–Kier alpha value is -1.35. The van der Waals surface area contributed by atoms with E-state index in [1.54, 1.807) is 24.3 Å². The maximum atomic E-state index is 11.1. The van der Waals surface area contributed by atoms with Gasteiger partial charge in [-0.3, -0.25) is 4.79 Å². The Morgan fingerprint density at radius 3 is 2.85 bits per heavy atom. The van der Waals surface area contributed by atoms with Crippen molar-refractivity contribution in [2.45, 2.75) is 6.92 Å². The third kappa shape index (κ3) is 3.71. The summed E-state index contributed by atoms with van der Waals surface area (Å²) < 4.78 is 4.95. The van der Waals surface area contributed by atoms with E-state index < -0.39 is 0 Å². The van der Waals surface area contributed by atoms with Crippen LogP contribution in [0.1, 0.15) is 6.92 Å². The number of amides is 1. The van der Waals surface area contributed by atoms with Gasteiger partial charge in [-0.2, -0.15) is 0 Å². The summed E-state index contributed by atoms with van der Waals surface area (Å²) in [4.78, 5) is 11.1. The molecular formula is C10H12NO2. The average molecular weight is 178 g/mol. The fourth-order valence-corrected chi connectivity index (χ4v) is 0.862. The van der Waals surface area contributed by atoms with Gasteiger partial charge in [0, 0.05) is 12.3 Å². The minimum atomic E-state index is -0.131. The Kier molecular flexibility index (Phi) is 3.99. The topological polar surface area (TPSA) is 38.3 Å². The minimum absolute atomic E-state index is 0.106. The van der Waals surface area contributed by atoms with Gasteiger partial charge < -0.3 is 10.1 Å². The molecule has 0 aliphatic heterocycles. The van der Waals surface area contributed by atoms with Crippen LogP contribution in [0.3, 0.4) is 0 Å². The molecule has 0 saturated carbocycles. The van der Waals surface area contributed by atoms with Gasteiger partial charge in [0.25, 0.3) is 0 Å². The quantitative estimate of drug-likeness (QED) is 0.758. The van der Waals surface area contributed by atoms with Gasteiger partial charge in [-0.05, 0) is 25.1 Å². The van der Waals surface area contributed by atoms with Gasteiger partial charge >= 0.3 is 0 Å².